The lowest BCUT2D eigenvalue weighted by Gasteiger charge is -2.48. The largest absolute Gasteiger partial charge is 0.378 e. The molecule has 1 aromatic rings. The van der Waals surface area contributed by atoms with E-state index in [1.165, 1.54) is 5.56 Å². The molecule has 3 rings (SSSR count). The van der Waals surface area contributed by atoms with Gasteiger partial charge in [0.1, 0.15) is 0 Å². The Morgan fingerprint density at radius 3 is 2.14 bits per heavy atom. The highest BCUT2D eigenvalue weighted by Crippen LogP contribution is 2.24. The number of nitrogens with zero attached hydrogens (tertiary/aromatic N) is 2. The second kappa shape index (κ2) is 5.67. The van der Waals surface area contributed by atoms with Gasteiger partial charge in [-0.25, -0.2) is 0 Å². The van der Waals surface area contributed by atoms with Crippen molar-refractivity contribution in [3.05, 3.63) is 35.4 Å². The second-order valence-electron chi connectivity index (χ2n) is 7.55. The van der Waals surface area contributed by atoms with Crippen molar-refractivity contribution in [2.24, 2.45) is 0 Å². The molecule has 2 atom stereocenters. The molecule has 2 fully saturated rings. The molecule has 120 valence electrons. The summed E-state index contributed by atoms with van der Waals surface area (Å²) in [5.74, 6) is 0.144. The molecule has 2 heterocycles. The van der Waals surface area contributed by atoms with Gasteiger partial charge in [-0.3, -0.25) is 9.69 Å². The average molecular weight is 302 g/mol. The van der Waals surface area contributed by atoms with Crippen molar-refractivity contribution in [3.8, 4) is 0 Å². The predicted octanol–water partition coefficient (Wildman–Crippen LogP) is 2.14. The lowest BCUT2D eigenvalue weighted by Crippen LogP contribution is -2.64. The van der Waals surface area contributed by atoms with Crippen LogP contribution in [0, 0.1) is 0 Å². The molecule has 0 aliphatic carbocycles. The number of carbonyl (C=O) groups is 1. The van der Waals surface area contributed by atoms with Crippen LogP contribution < -0.4 is 0 Å². The van der Waals surface area contributed by atoms with Crippen molar-refractivity contribution in [2.75, 3.05) is 33.4 Å². The van der Waals surface area contributed by atoms with Gasteiger partial charge in [-0.1, -0.05) is 32.9 Å². The van der Waals surface area contributed by atoms with Crippen molar-refractivity contribution in [3.63, 3.8) is 0 Å². The monoisotopic (exact) mass is 302 g/mol. The molecule has 0 aromatic heterocycles. The van der Waals surface area contributed by atoms with Crippen molar-refractivity contribution in [1.29, 1.82) is 0 Å². The Hall–Kier alpha value is -1.39. The minimum absolute atomic E-state index is 0.115. The predicted molar refractivity (Wildman–Crippen MR) is 87.2 cm³/mol. The van der Waals surface area contributed by atoms with Crippen LogP contribution in [0.15, 0.2) is 24.3 Å². The van der Waals surface area contributed by atoms with E-state index in [9.17, 15) is 4.79 Å². The van der Waals surface area contributed by atoms with Gasteiger partial charge in [-0.05, 0) is 30.2 Å². The zero-order valence-electron chi connectivity index (χ0n) is 14.0. The third kappa shape index (κ3) is 2.90. The number of rotatable bonds is 1. The number of carbonyl (C=O) groups excluding carboxylic acids is 1. The highest BCUT2D eigenvalue weighted by Gasteiger charge is 2.37. The van der Waals surface area contributed by atoms with E-state index >= 15 is 0 Å². The molecule has 1 aromatic carbocycles. The van der Waals surface area contributed by atoms with Gasteiger partial charge in [-0.2, -0.15) is 0 Å². The molecule has 2 bridgehead atoms. The van der Waals surface area contributed by atoms with Gasteiger partial charge in [-0.15, -0.1) is 0 Å². The molecule has 4 heteroatoms. The maximum atomic E-state index is 12.8. The first-order chi connectivity index (χ1) is 10.4. The van der Waals surface area contributed by atoms with Crippen LogP contribution in [0.25, 0.3) is 0 Å². The number of benzene rings is 1. The van der Waals surface area contributed by atoms with Crippen LogP contribution in [0.5, 0.6) is 0 Å². The van der Waals surface area contributed by atoms with Gasteiger partial charge in [0.2, 0.25) is 0 Å². The van der Waals surface area contributed by atoms with Crippen molar-refractivity contribution < 1.29 is 9.53 Å². The SMILES string of the molecule is CN1C2COCC1CN(C(=O)c1ccc(C(C)(C)C)cc1)C2. The molecule has 2 saturated heterocycles. The summed E-state index contributed by atoms with van der Waals surface area (Å²) in [6.07, 6.45) is 0. The number of ether oxygens (including phenoxy) is 1. The lowest BCUT2D eigenvalue weighted by atomic mass is 9.86. The van der Waals surface area contributed by atoms with Crippen LogP contribution in [0.2, 0.25) is 0 Å². The topological polar surface area (TPSA) is 32.8 Å². The summed E-state index contributed by atoms with van der Waals surface area (Å²) in [6, 6.07) is 8.73. The fraction of sp³-hybridized carbons (Fsp3) is 0.611. The highest BCUT2D eigenvalue weighted by molar-refractivity contribution is 5.94. The van der Waals surface area contributed by atoms with Gasteiger partial charge in [0.25, 0.3) is 5.91 Å². The average Bonchev–Trinajstić information content (AvgIpc) is 2.45. The number of piperazine rings is 1. The van der Waals surface area contributed by atoms with Crippen LogP contribution in [-0.2, 0) is 10.2 Å². The molecule has 1 amide bonds. The van der Waals surface area contributed by atoms with Crippen molar-refractivity contribution >= 4 is 5.91 Å². The van der Waals surface area contributed by atoms with Crippen LogP contribution in [0.4, 0.5) is 0 Å². The maximum absolute atomic E-state index is 12.8. The number of fused-ring (bicyclic) bond motifs is 2. The normalized spacial score (nSPS) is 26.1. The zero-order chi connectivity index (χ0) is 15.9. The van der Waals surface area contributed by atoms with E-state index < -0.39 is 0 Å². The van der Waals surface area contributed by atoms with Crippen LogP contribution >= 0.6 is 0 Å². The van der Waals surface area contributed by atoms with Crippen LogP contribution in [0.1, 0.15) is 36.7 Å². The molecule has 0 N–H and O–H groups in total. The molecule has 4 nitrogen and oxygen atoms in total. The Balaban J connectivity index is 1.74. The van der Waals surface area contributed by atoms with Gasteiger partial charge in [0.05, 0.1) is 25.3 Å². The quantitative estimate of drug-likeness (QED) is 0.797. The summed E-state index contributed by atoms with van der Waals surface area (Å²) in [6.45, 7) is 9.52. The van der Waals surface area contributed by atoms with E-state index in [1.807, 2.05) is 17.0 Å². The number of amides is 1. The fourth-order valence-corrected chi connectivity index (χ4v) is 3.28. The molecule has 22 heavy (non-hydrogen) atoms. The zero-order valence-corrected chi connectivity index (χ0v) is 14.0. The van der Waals surface area contributed by atoms with E-state index in [2.05, 4.69) is 44.9 Å². The third-order valence-corrected chi connectivity index (χ3v) is 4.92. The smallest absolute Gasteiger partial charge is 0.253 e. The Morgan fingerprint density at radius 2 is 1.64 bits per heavy atom. The van der Waals surface area contributed by atoms with E-state index in [0.29, 0.717) is 12.1 Å². The molecule has 2 aliphatic heterocycles. The molecule has 0 spiro atoms. The van der Waals surface area contributed by atoms with Crippen molar-refractivity contribution in [2.45, 2.75) is 38.3 Å². The number of hydrogen-bond acceptors (Lipinski definition) is 3. The van der Waals surface area contributed by atoms with Gasteiger partial charge in [0.15, 0.2) is 0 Å². The van der Waals surface area contributed by atoms with E-state index in [1.54, 1.807) is 0 Å². The molecular formula is C18H26N2O2. The Morgan fingerprint density at radius 1 is 1.09 bits per heavy atom. The Labute approximate surface area is 133 Å². The molecular weight excluding hydrogens is 276 g/mol. The minimum atomic E-state index is 0.115. The Bertz CT molecular complexity index is 533. The molecule has 2 unspecified atom stereocenters. The minimum Gasteiger partial charge on any atom is -0.378 e. The maximum Gasteiger partial charge on any atom is 0.253 e. The van der Waals surface area contributed by atoms with Crippen LogP contribution in [-0.4, -0.2) is 61.1 Å². The lowest BCUT2D eigenvalue weighted by molar-refractivity contribution is -0.0776. The molecule has 0 saturated carbocycles. The Kier molecular flexibility index (Phi) is 4.00. The van der Waals surface area contributed by atoms with Gasteiger partial charge >= 0.3 is 0 Å². The van der Waals surface area contributed by atoms with Gasteiger partial charge < -0.3 is 9.64 Å². The van der Waals surface area contributed by atoms with E-state index in [4.69, 9.17) is 4.74 Å². The van der Waals surface area contributed by atoms with E-state index in [0.717, 1.165) is 31.9 Å². The molecule has 0 radical (unpaired) electrons. The first-order valence-corrected chi connectivity index (χ1v) is 8.06. The summed E-state index contributed by atoms with van der Waals surface area (Å²) in [4.78, 5) is 17.1. The van der Waals surface area contributed by atoms with Crippen LogP contribution in [0.3, 0.4) is 0 Å². The number of hydrogen-bond donors (Lipinski definition) is 0. The fourth-order valence-electron chi connectivity index (χ4n) is 3.28. The summed E-state index contributed by atoms with van der Waals surface area (Å²) in [5.41, 5.74) is 2.16. The number of morpholine rings is 1. The summed E-state index contributed by atoms with van der Waals surface area (Å²) in [5, 5.41) is 0. The summed E-state index contributed by atoms with van der Waals surface area (Å²) >= 11 is 0. The van der Waals surface area contributed by atoms with E-state index in [-0.39, 0.29) is 11.3 Å². The van der Waals surface area contributed by atoms with Crippen molar-refractivity contribution in [1.82, 2.24) is 9.80 Å². The summed E-state index contributed by atoms with van der Waals surface area (Å²) < 4.78 is 5.61. The number of likely N-dealkylation sites (N-methyl/N-ethyl adjacent to an activating group) is 1. The standard InChI is InChI=1S/C18H26N2O2/c1-18(2,3)14-7-5-13(6-8-14)17(21)20-9-15-11-22-12-16(10-20)19(15)4/h5-8,15-16H,9-12H2,1-4H3. The molecule has 2 aliphatic rings. The first-order valence-electron chi connectivity index (χ1n) is 8.06. The highest BCUT2D eigenvalue weighted by atomic mass is 16.5. The third-order valence-electron chi connectivity index (χ3n) is 4.92. The second-order valence-corrected chi connectivity index (χ2v) is 7.55. The first kappa shape index (κ1) is 15.5. The summed E-state index contributed by atoms with van der Waals surface area (Å²) in [7, 11) is 2.14. The van der Waals surface area contributed by atoms with Gasteiger partial charge in [0, 0.05) is 18.7 Å².